The standard InChI is InChI=1S/C28H26O2Si2/c1-5-13-23(14-6-1)27(24-15-7-2-8-16-24)29-31-21-22-32-30-28(25-17-9-3-10-18-25)26-19-11-4-12-20-26/h1-20,27-28H,21-22H2. The number of benzene rings is 4. The summed E-state index contributed by atoms with van der Waals surface area (Å²) in [6.07, 6.45) is -0.0530. The molecule has 0 aliphatic heterocycles. The molecule has 0 saturated carbocycles. The third-order valence-corrected chi connectivity index (χ3v) is 7.35. The third kappa shape index (κ3) is 6.37. The fourth-order valence-electron chi connectivity index (χ4n) is 3.55. The number of hydrogen-bond acceptors (Lipinski definition) is 2. The van der Waals surface area contributed by atoms with Gasteiger partial charge in [0.1, 0.15) is 0 Å². The minimum absolute atomic E-state index is 0.0265. The Kier molecular flexibility index (Phi) is 8.63. The van der Waals surface area contributed by atoms with Gasteiger partial charge in [0.25, 0.3) is 0 Å². The number of rotatable bonds is 11. The molecule has 0 atom stereocenters. The van der Waals surface area contributed by atoms with Crippen molar-refractivity contribution in [1.29, 1.82) is 0 Å². The first-order valence-electron chi connectivity index (χ1n) is 10.9. The summed E-state index contributed by atoms with van der Waals surface area (Å²) in [4.78, 5) is 0. The van der Waals surface area contributed by atoms with Crippen LogP contribution in [0, 0.1) is 0 Å². The average molecular weight is 451 g/mol. The van der Waals surface area contributed by atoms with Gasteiger partial charge in [-0.15, -0.1) is 0 Å². The van der Waals surface area contributed by atoms with Crippen LogP contribution in [0.25, 0.3) is 0 Å². The van der Waals surface area contributed by atoms with Gasteiger partial charge >= 0.3 is 0 Å². The van der Waals surface area contributed by atoms with Crippen LogP contribution in [-0.4, -0.2) is 19.5 Å². The van der Waals surface area contributed by atoms with E-state index in [0.29, 0.717) is 19.5 Å². The molecule has 4 radical (unpaired) electrons. The van der Waals surface area contributed by atoms with Gasteiger partial charge in [-0.1, -0.05) is 121 Å². The SMILES string of the molecule is c1ccc(C(O[Si]CC[Si]OC(c2ccccc2)c2ccccc2)c2ccccc2)cc1. The van der Waals surface area contributed by atoms with Crippen molar-refractivity contribution in [2.75, 3.05) is 0 Å². The summed E-state index contributed by atoms with van der Waals surface area (Å²) >= 11 is 0. The van der Waals surface area contributed by atoms with E-state index >= 15 is 0 Å². The molecule has 0 aliphatic carbocycles. The molecular formula is C28H26O2Si2. The second-order valence-corrected chi connectivity index (χ2v) is 9.48. The Morgan fingerprint density at radius 2 is 0.656 bits per heavy atom. The van der Waals surface area contributed by atoms with Crippen LogP contribution in [0.15, 0.2) is 121 Å². The van der Waals surface area contributed by atoms with Gasteiger partial charge in [-0.05, 0) is 34.3 Å². The van der Waals surface area contributed by atoms with Gasteiger partial charge in [-0.3, -0.25) is 0 Å². The predicted molar refractivity (Wildman–Crippen MR) is 133 cm³/mol. The Morgan fingerprint density at radius 1 is 0.406 bits per heavy atom. The number of hydrogen-bond donors (Lipinski definition) is 0. The van der Waals surface area contributed by atoms with Crippen molar-refractivity contribution in [3.05, 3.63) is 144 Å². The molecule has 0 fully saturated rings. The summed E-state index contributed by atoms with van der Waals surface area (Å²) in [6.45, 7) is 0. The Labute approximate surface area is 196 Å². The normalized spacial score (nSPS) is 11.2. The summed E-state index contributed by atoms with van der Waals surface area (Å²) in [5.41, 5.74) is 4.77. The highest BCUT2D eigenvalue weighted by Gasteiger charge is 2.16. The van der Waals surface area contributed by atoms with Crippen molar-refractivity contribution >= 4 is 19.5 Å². The van der Waals surface area contributed by atoms with Gasteiger partial charge in [0.2, 0.25) is 19.5 Å². The fraction of sp³-hybridized carbons (Fsp3) is 0.143. The van der Waals surface area contributed by atoms with E-state index in [0.717, 1.165) is 12.1 Å². The quantitative estimate of drug-likeness (QED) is 0.188. The summed E-state index contributed by atoms with van der Waals surface area (Å²) in [6, 6.07) is 43.8. The lowest BCUT2D eigenvalue weighted by Crippen LogP contribution is -2.12. The summed E-state index contributed by atoms with van der Waals surface area (Å²) < 4.78 is 12.7. The van der Waals surface area contributed by atoms with Gasteiger partial charge in [-0.25, -0.2) is 0 Å². The summed E-state index contributed by atoms with van der Waals surface area (Å²) in [5, 5.41) is 0. The van der Waals surface area contributed by atoms with Gasteiger partial charge in [-0.2, -0.15) is 0 Å². The molecule has 4 heteroatoms. The zero-order chi connectivity index (χ0) is 21.8. The highest BCUT2D eigenvalue weighted by molar-refractivity contribution is 6.34. The van der Waals surface area contributed by atoms with Gasteiger partial charge in [0.05, 0.1) is 12.2 Å². The highest BCUT2D eigenvalue weighted by Crippen LogP contribution is 2.27. The first-order valence-corrected chi connectivity index (χ1v) is 13.1. The molecule has 32 heavy (non-hydrogen) atoms. The molecule has 4 rings (SSSR count). The molecule has 0 spiro atoms. The molecule has 158 valence electrons. The Hall–Kier alpha value is -2.77. The van der Waals surface area contributed by atoms with Crippen LogP contribution >= 0.6 is 0 Å². The van der Waals surface area contributed by atoms with E-state index in [1.165, 1.54) is 22.3 Å². The van der Waals surface area contributed by atoms with Crippen LogP contribution in [-0.2, 0) is 8.85 Å². The van der Waals surface area contributed by atoms with Crippen molar-refractivity contribution in [2.45, 2.75) is 24.3 Å². The van der Waals surface area contributed by atoms with Crippen LogP contribution < -0.4 is 0 Å². The zero-order valence-electron chi connectivity index (χ0n) is 17.9. The second-order valence-electron chi connectivity index (χ2n) is 7.43. The average Bonchev–Trinajstić information content (AvgIpc) is 2.88. The summed E-state index contributed by atoms with van der Waals surface area (Å²) in [5.74, 6) is 0. The molecule has 4 aromatic carbocycles. The largest absolute Gasteiger partial charge is 0.407 e. The van der Waals surface area contributed by atoms with E-state index in [1.54, 1.807) is 0 Å². The lowest BCUT2D eigenvalue weighted by atomic mass is 10.0. The minimum atomic E-state index is -0.0265. The molecule has 0 aliphatic rings. The first kappa shape index (κ1) is 22.4. The maximum Gasteiger partial charge on any atom is 0.230 e. The van der Waals surface area contributed by atoms with E-state index in [1.807, 2.05) is 24.3 Å². The van der Waals surface area contributed by atoms with Crippen molar-refractivity contribution in [1.82, 2.24) is 0 Å². The molecule has 4 aromatic rings. The van der Waals surface area contributed by atoms with Gasteiger partial charge < -0.3 is 8.85 Å². The zero-order valence-corrected chi connectivity index (χ0v) is 19.9. The van der Waals surface area contributed by atoms with Crippen LogP contribution in [0.4, 0.5) is 0 Å². The molecule has 0 unspecified atom stereocenters. The molecular weight excluding hydrogens is 424 g/mol. The van der Waals surface area contributed by atoms with E-state index in [-0.39, 0.29) is 12.2 Å². The monoisotopic (exact) mass is 450 g/mol. The van der Waals surface area contributed by atoms with Crippen molar-refractivity contribution in [3.63, 3.8) is 0 Å². The fourth-order valence-corrected chi connectivity index (χ4v) is 5.48. The summed E-state index contributed by atoms with van der Waals surface area (Å²) in [7, 11) is 0.854. The Balaban J connectivity index is 1.31. The van der Waals surface area contributed by atoms with Crippen molar-refractivity contribution < 1.29 is 8.85 Å². The third-order valence-electron chi connectivity index (χ3n) is 5.14. The first-order chi connectivity index (χ1) is 15.9. The van der Waals surface area contributed by atoms with E-state index in [9.17, 15) is 0 Å². The Bertz CT molecular complexity index is 862. The van der Waals surface area contributed by atoms with Crippen LogP contribution in [0.2, 0.25) is 12.1 Å². The highest BCUT2D eigenvalue weighted by atomic mass is 28.2. The smallest absolute Gasteiger partial charge is 0.230 e. The molecule has 0 bridgehead atoms. The molecule has 2 nitrogen and oxygen atoms in total. The second kappa shape index (κ2) is 12.3. The van der Waals surface area contributed by atoms with Crippen LogP contribution in [0.1, 0.15) is 34.5 Å². The maximum absolute atomic E-state index is 6.37. The van der Waals surface area contributed by atoms with Gasteiger partial charge in [0.15, 0.2) is 0 Å². The lowest BCUT2D eigenvalue weighted by molar-refractivity contribution is 0.256. The van der Waals surface area contributed by atoms with E-state index < -0.39 is 0 Å². The molecule has 0 heterocycles. The topological polar surface area (TPSA) is 18.5 Å². The van der Waals surface area contributed by atoms with E-state index in [4.69, 9.17) is 8.85 Å². The lowest BCUT2D eigenvalue weighted by Gasteiger charge is -2.20. The Morgan fingerprint density at radius 3 is 0.906 bits per heavy atom. The molecule has 0 aromatic heterocycles. The van der Waals surface area contributed by atoms with Gasteiger partial charge in [0, 0.05) is 0 Å². The van der Waals surface area contributed by atoms with E-state index in [2.05, 4.69) is 97.1 Å². The maximum atomic E-state index is 6.37. The van der Waals surface area contributed by atoms with Crippen molar-refractivity contribution in [3.8, 4) is 0 Å². The molecule has 0 N–H and O–H groups in total. The predicted octanol–water partition coefficient (Wildman–Crippen LogP) is 6.67. The van der Waals surface area contributed by atoms with Crippen LogP contribution in [0.5, 0.6) is 0 Å². The van der Waals surface area contributed by atoms with Crippen LogP contribution in [0.3, 0.4) is 0 Å². The van der Waals surface area contributed by atoms with Crippen molar-refractivity contribution in [2.24, 2.45) is 0 Å². The molecule has 0 amide bonds. The molecule has 0 saturated heterocycles. The minimum Gasteiger partial charge on any atom is -0.407 e.